The van der Waals surface area contributed by atoms with Crippen LogP contribution >= 0.6 is 0 Å². The molecule has 0 aromatic carbocycles. The van der Waals surface area contributed by atoms with Crippen molar-refractivity contribution < 1.29 is 57.6 Å². The molecule has 5 N–H and O–H groups in total. The first-order valence-electron chi connectivity index (χ1n) is 15.1. The van der Waals surface area contributed by atoms with Crippen LogP contribution < -0.4 is 21.3 Å². The molecule has 0 spiro atoms. The Morgan fingerprint density at radius 2 is 1.35 bits per heavy atom. The molecule has 1 aliphatic rings. The number of imide groups is 1. The van der Waals surface area contributed by atoms with Gasteiger partial charge in [0.2, 0.25) is 17.7 Å². The van der Waals surface area contributed by atoms with Gasteiger partial charge < -0.3 is 50.1 Å². The normalized spacial score (nSPS) is 14.2. The van der Waals surface area contributed by atoms with Crippen molar-refractivity contribution in [2.24, 2.45) is 0 Å². The summed E-state index contributed by atoms with van der Waals surface area (Å²) in [6.07, 6.45) is 0.344. The maximum Gasteiger partial charge on any atom is 0.407 e. The second kappa shape index (κ2) is 22.8. The van der Waals surface area contributed by atoms with E-state index in [4.69, 9.17) is 23.7 Å². The fourth-order valence-corrected chi connectivity index (χ4v) is 3.55. The summed E-state index contributed by atoms with van der Waals surface area (Å²) >= 11 is 0. The van der Waals surface area contributed by atoms with Crippen LogP contribution in [0.5, 0.6) is 0 Å². The van der Waals surface area contributed by atoms with Gasteiger partial charge in [-0.3, -0.25) is 28.9 Å². The summed E-state index contributed by atoms with van der Waals surface area (Å²) in [5.41, 5.74) is -0.561. The fraction of sp³-hybridized carbons (Fsp3) is 0.724. The van der Waals surface area contributed by atoms with Gasteiger partial charge in [-0.1, -0.05) is 0 Å². The first-order valence-corrected chi connectivity index (χ1v) is 15.1. The van der Waals surface area contributed by atoms with Gasteiger partial charge >= 0.3 is 6.09 Å². The number of ether oxygens (including phenoxy) is 5. The van der Waals surface area contributed by atoms with Gasteiger partial charge in [0, 0.05) is 64.1 Å². The maximum absolute atomic E-state index is 12.0. The Morgan fingerprint density at radius 3 is 1.96 bits per heavy atom. The van der Waals surface area contributed by atoms with Crippen LogP contribution in [0.25, 0.3) is 0 Å². The van der Waals surface area contributed by atoms with Crippen LogP contribution in [0.2, 0.25) is 0 Å². The number of aliphatic hydroxyl groups is 1. The molecule has 0 aliphatic carbocycles. The van der Waals surface area contributed by atoms with E-state index < -0.39 is 35.9 Å². The number of carbonyl (C=O) groups is 6. The molecule has 1 aliphatic heterocycles. The number of amides is 6. The van der Waals surface area contributed by atoms with Crippen LogP contribution in [0.4, 0.5) is 4.79 Å². The highest BCUT2D eigenvalue weighted by atomic mass is 16.7. The molecule has 6 amide bonds. The summed E-state index contributed by atoms with van der Waals surface area (Å²) in [5.74, 6) is -1.73. The van der Waals surface area contributed by atoms with Gasteiger partial charge in [0.15, 0.2) is 6.29 Å². The summed E-state index contributed by atoms with van der Waals surface area (Å²) in [6.45, 7) is 8.38. The third-order valence-corrected chi connectivity index (χ3v) is 5.74. The molecule has 0 aromatic heterocycles. The lowest BCUT2D eigenvalue weighted by Crippen LogP contribution is -2.39. The van der Waals surface area contributed by atoms with E-state index in [2.05, 4.69) is 21.3 Å². The van der Waals surface area contributed by atoms with Crippen LogP contribution in [-0.2, 0) is 47.7 Å². The van der Waals surface area contributed by atoms with Crippen molar-refractivity contribution in [3.63, 3.8) is 0 Å². The summed E-state index contributed by atoms with van der Waals surface area (Å²) in [7, 11) is 0. The zero-order chi connectivity index (χ0) is 34.4. The van der Waals surface area contributed by atoms with E-state index >= 15 is 0 Å². The molecule has 0 aromatic rings. The first kappa shape index (κ1) is 40.4. The second-order valence-electron chi connectivity index (χ2n) is 11.0. The average molecular weight is 660 g/mol. The lowest BCUT2D eigenvalue weighted by atomic mass is 10.2. The molecule has 17 nitrogen and oxygen atoms in total. The largest absolute Gasteiger partial charge is 0.444 e. The van der Waals surface area contributed by atoms with Crippen LogP contribution in [0.15, 0.2) is 12.2 Å². The number of rotatable bonds is 24. The minimum atomic E-state index is -0.870. The molecule has 0 bridgehead atoms. The quantitative estimate of drug-likeness (QED) is 0.0465. The number of nitrogens with zero attached hydrogens (tertiary/aromatic N) is 1. The highest BCUT2D eigenvalue weighted by Crippen LogP contribution is 2.13. The lowest BCUT2D eigenvalue weighted by Gasteiger charge is -2.28. The molecular weight excluding hydrogens is 610 g/mol. The van der Waals surface area contributed by atoms with Gasteiger partial charge in [0.25, 0.3) is 11.8 Å². The molecule has 0 fully saturated rings. The number of nitrogens with one attached hydrogen (secondary N) is 4. The standard InChI is InChI=1S/C29H49N5O12/c1-21(19-35)45-27(46-29(2,3)4)20-44-28(41)33-10-7-22(36)30-11-12-31-24(38)9-15-42-17-18-43-16-13-32-23(37)8-14-34-25(39)5-6-26(34)40/h5-6,21,27,35H,7-20H2,1-4H3,(H,30,36)(H,31,38)(H,32,37)(H,33,41). The molecule has 46 heavy (non-hydrogen) atoms. The highest BCUT2D eigenvalue weighted by molar-refractivity contribution is 6.13. The van der Waals surface area contributed by atoms with Gasteiger partial charge in [-0.25, -0.2) is 4.79 Å². The van der Waals surface area contributed by atoms with Crippen LogP contribution in [0.1, 0.15) is 47.0 Å². The Balaban J connectivity index is 1.97. The molecule has 262 valence electrons. The zero-order valence-corrected chi connectivity index (χ0v) is 27.1. The van der Waals surface area contributed by atoms with E-state index in [0.29, 0.717) is 0 Å². The topological polar surface area (TPSA) is 220 Å². The summed E-state index contributed by atoms with van der Waals surface area (Å²) in [5, 5.41) is 19.6. The van der Waals surface area contributed by atoms with Crippen LogP contribution in [0, 0.1) is 0 Å². The van der Waals surface area contributed by atoms with E-state index in [1.54, 1.807) is 6.92 Å². The zero-order valence-electron chi connectivity index (χ0n) is 27.1. The SMILES string of the molecule is CC(CO)OC(COC(=O)NCCC(=O)NCCNC(=O)CCOCCOCCNC(=O)CCN1C(=O)C=CC1=O)OC(C)(C)C. The minimum Gasteiger partial charge on any atom is -0.444 e. The molecule has 17 heteroatoms. The average Bonchev–Trinajstić information content (AvgIpc) is 3.31. The summed E-state index contributed by atoms with van der Waals surface area (Å²) in [4.78, 5) is 71.5. The van der Waals surface area contributed by atoms with Gasteiger partial charge in [-0.15, -0.1) is 0 Å². The molecule has 1 heterocycles. The van der Waals surface area contributed by atoms with Gasteiger partial charge in [0.05, 0.1) is 44.7 Å². The third-order valence-electron chi connectivity index (χ3n) is 5.74. The van der Waals surface area contributed by atoms with Crippen molar-refractivity contribution in [1.29, 1.82) is 0 Å². The van der Waals surface area contributed by atoms with E-state index in [0.717, 1.165) is 4.90 Å². The predicted octanol–water partition coefficient (Wildman–Crippen LogP) is -1.27. The fourth-order valence-electron chi connectivity index (χ4n) is 3.55. The third kappa shape index (κ3) is 20.4. The van der Waals surface area contributed by atoms with Crippen molar-refractivity contribution in [2.45, 2.75) is 65.0 Å². The van der Waals surface area contributed by atoms with E-state index in [9.17, 15) is 33.9 Å². The van der Waals surface area contributed by atoms with E-state index in [-0.39, 0.29) is 109 Å². The Kier molecular flexibility index (Phi) is 20.0. The molecule has 2 atom stereocenters. The summed E-state index contributed by atoms with van der Waals surface area (Å²) in [6, 6.07) is 0. The maximum atomic E-state index is 12.0. The smallest absolute Gasteiger partial charge is 0.407 e. The van der Waals surface area contributed by atoms with E-state index in [1.165, 1.54) is 12.2 Å². The van der Waals surface area contributed by atoms with Crippen LogP contribution in [0.3, 0.4) is 0 Å². The molecular formula is C29H49N5O12. The van der Waals surface area contributed by atoms with Crippen LogP contribution in [-0.4, -0.2) is 136 Å². The number of carbonyl (C=O) groups excluding carboxylic acids is 6. The minimum absolute atomic E-state index is 0.00605. The van der Waals surface area contributed by atoms with Crippen molar-refractivity contribution in [3.05, 3.63) is 12.2 Å². The van der Waals surface area contributed by atoms with Gasteiger partial charge in [-0.2, -0.15) is 0 Å². The number of hydrogen-bond acceptors (Lipinski definition) is 12. The number of alkyl carbamates (subject to hydrolysis) is 1. The predicted molar refractivity (Wildman–Crippen MR) is 162 cm³/mol. The molecule has 0 radical (unpaired) electrons. The van der Waals surface area contributed by atoms with Gasteiger partial charge in [0.1, 0.15) is 6.61 Å². The molecule has 1 rings (SSSR count). The Labute approximate surface area is 269 Å². The first-order chi connectivity index (χ1) is 21.8. The Morgan fingerprint density at radius 1 is 0.783 bits per heavy atom. The number of hydrogen-bond donors (Lipinski definition) is 5. The molecule has 2 unspecified atom stereocenters. The Bertz CT molecular complexity index is 999. The summed E-state index contributed by atoms with van der Waals surface area (Å²) < 4.78 is 27.0. The number of aliphatic hydroxyl groups excluding tert-OH is 1. The van der Waals surface area contributed by atoms with Gasteiger partial charge in [-0.05, 0) is 27.7 Å². The lowest BCUT2D eigenvalue weighted by molar-refractivity contribution is -0.230. The van der Waals surface area contributed by atoms with Crippen molar-refractivity contribution in [2.75, 3.05) is 72.4 Å². The van der Waals surface area contributed by atoms with Crippen molar-refractivity contribution in [1.82, 2.24) is 26.2 Å². The molecule has 0 saturated heterocycles. The Hall–Kier alpha value is -3.64. The van der Waals surface area contributed by atoms with Crippen molar-refractivity contribution in [3.8, 4) is 0 Å². The molecule has 0 saturated carbocycles. The second-order valence-corrected chi connectivity index (χ2v) is 11.0. The monoisotopic (exact) mass is 659 g/mol. The van der Waals surface area contributed by atoms with E-state index in [1.807, 2.05) is 20.8 Å². The van der Waals surface area contributed by atoms with Crippen molar-refractivity contribution >= 4 is 35.6 Å². The highest BCUT2D eigenvalue weighted by Gasteiger charge is 2.24.